The number of non-ortho nitro benzene ring substituents is 1. The minimum absolute atomic E-state index is 0.0131. The lowest BCUT2D eigenvalue weighted by Gasteiger charge is -2.25. The molecule has 1 aromatic heterocycles. The van der Waals surface area contributed by atoms with Crippen LogP contribution in [-0.2, 0) is 0 Å². The summed E-state index contributed by atoms with van der Waals surface area (Å²) in [7, 11) is 1.69. The molecule has 0 bridgehead atoms. The monoisotopic (exact) mass is 364 g/mol. The van der Waals surface area contributed by atoms with Gasteiger partial charge in [0.05, 0.1) is 16.7 Å². The highest BCUT2D eigenvalue weighted by Gasteiger charge is 2.20. The van der Waals surface area contributed by atoms with E-state index in [1.165, 1.54) is 12.1 Å². The molecule has 0 fully saturated rings. The van der Waals surface area contributed by atoms with Gasteiger partial charge in [0, 0.05) is 36.6 Å². The smallest absolute Gasteiger partial charge is 0.269 e. The molecule has 7 nitrogen and oxygen atoms in total. The van der Waals surface area contributed by atoms with Crippen LogP contribution in [0.4, 0.5) is 5.69 Å². The predicted octanol–water partition coefficient (Wildman–Crippen LogP) is 3.92. The maximum absolute atomic E-state index is 12.8. The number of carbonyl (C=O) groups is 1. The molecule has 0 aliphatic carbocycles. The molecule has 1 atom stereocenters. The fourth-order valence-electron chi connectivity index (χ4n) is 2.89. The fourth-order valence-corrected chi connectivity index (χ4v) is 2.89. The van der Waals surface area contributed by atoms with Gasteiger partial charge in [-0.05, 0) is 49.7 Å². The molecule has 0 aliphatic heterocycles. The van der Waals surface area contributed by atoms with E-state index in [1.807, 2.05) is 32.0 Å². The topological polar surface area (TPSA) is 81.3 Å². The molecule has 3 rings (SSSR count). The second-order valence-corrected chi connectivity index (χ2v) is 6.38. The van der Waals surface area contributed by atoms with Gasteiger partial charge in [-0.2, -0.15) is 5.10 Å². The number of carbonyl (C=O) groups excluding carboxylic acids is 1. The van der Waals surface area contributed by atoms with E-state index in [4.69, 9.17) is 0 Å². The highest BCUT2D eigenvalue weighted by Crippen LogP contribution is 2.24. The summed E-state index contributed by atoms with van der Waals surface area (Å²) in [5, 5.41) is 15.2. The van der Waals surface area contributed by atoms with E-state index in [1.54, 1.807) is 47.1 Å². The van der Waals surface area contributed by atoms with E-state index in [-0.39, 0.29) is 17.6 Å². The van der Waals surface area contributed by atoms with E-state index in [9.17, 15) is 14.9 Å². The van der Waals surface area contributed by atoms with Gasteiger partial charge in [0.25, 0.3) is 11.6 Å². The van der Waals surface area contributed by atoms with Crippen LogP contribution in [0.25, 0.3) is 5.69 Å². The number of nitro groups is 1. The van der Waals surface area contributed by atoms with Crippen molar-refractivity contribution in [3.63, 3.8) is 0 Å². The SMILES string of the molecule is Cc1ccnn1-c1ccc(C(=O)N(C)[C@@H](C)c2cccc([N+](=O)[O-])c2)cc1. The number of amides is 1. The Hall–Kier alpha value is -3.48. The molecule has 138 valence electrons. The molecule has 2 aromatic carbocycles. The molecule has 0 N–H and O–H groups in total. The molecule has 1 heterocycles. The standard InChI is InChI=1S/C20H20N4O3/c1-14-11-12-21-23(14)18-9-7-16(8-10-18)20(25)22(3)15(2)17-5-4-6-19(13-17)24(26)27/h4-13,15H,1-3H3/t15-/m0/s1. The van der Waals surface area contributed by atoms with Crippen molar-refractivity contribution in [2.45, 2.75) is 19.9 Å². The molecule has 0 saturated heterocycles. The number of hydrogen-bond donors (Lipinski definition) is 0. The molecular weight excluding hydrogens is 344 g/mol. The fraction of sp³-hybridized carbons (Fsp3) is 0.200. The lowest BCUT2D eigenvalue weighted by Crippen LogP contribution is -2.29. The first-order chi connectivity index (χ1) is 12.9. The quantitative estimate of drug-likeness (QED) is 0.507. The van der Waals surface area contributed by atoms with Crippen LogP contribution in [0, 0.1) is 17.0 Å². The summed E-state index contributed by atoms with van der Waals surface area (Å²) in [5.41, 5.74) is 3.15. The molecule has 27 heavy (non-hydrogen) atoms. The van der Waals surface area contributed by atoms with Gasteiger partial charge in [0.1, 0.15) is 0 Å². The molecule has 0 saturated carbocycles. The van der Waals surface area contributed by atoms with Gasteiger partial charge < -0.3 is 4.90 Å². The van der Waals surface area contributed by atoms with Crippen LogP contribution in [0.15, 0.2) is 60.8 Å². The molecule has 1 amide bonds. The Kier molecular flexibility index (Phi) is 5.03. The number of rotatable bonds is 5. The highest BCUT2D eigenvalue weighted by atomic mass is 16.6. The van der Waals surface area contributed by atoms with E-state index in [0.717, 1.165) is 11.4 Å². The average molecular weight is 364 g/mol. The van der Waals surface area contributed by atoms with Crippen molar-refractivity contribution < 1.29 is 9.72 Å². The van der Waals surface area contributed by atoms with Crippen molar-refractivity contribution in [3.8, 4) is 5.69 Å². The predicted molar refractivity (Wildman–Crippen MR) is 102 cm³/mol. The zero-order chi connectivity index (χ0) is 19.6. The molecule has 0 radical (unpaired) electrons. The number of nitrogens with zero attached hydrogens (tertiary/aromatic N) is 4. The summed E-state index contributed by atoms with van der Waals surface area (Å²) in [6.45, 7) is 3.80. The van der Waals surface area contributed by atoms with Crippen LogP contribution < -0.4 is 0 Å². The summed E-state index contributed by atoms with van der Waals surface area (Å²) in [4.78, 5) is 24.9. The Bertz CT molecular complexity index is 979. The van der Waals surface area contributed by atoms with Gasteiger partial charge in [-0.15, -0.1) is 0 Å². The average Bonchev–Trinajstić information content (AvgIpc) is 3.12. The van der Waals surface area contributed by atoms with Crippen molar-refractivity contribution in [3.05, 3.63) is 87.7 Å². The lowest BCUT2D eigenvalue weighted by molar-refractivity contribution is -0.384. The first-order valence-corrected chi connectivity index (χ1v) is 8.51. The van der Waals surface area contributed by atoms with Crippen LogP contribution in [0.1, 0.15) is 34.6 Å². The van der Waals surface area contributed by atoms with E-state index >= 15 is 0 Å². The minimum atomic E-state index is -0.436. The third kappa shape index (κ3) is 3.72. The maximum Gasteiger partial charge on any atom is 0.269 e. The largest absolute Gasteiger partial charge is 0.335 e. The van der Waals surface area contributed by atoms with Crippen LogP contribution >= 0.6 is 0 Å². The Morgan fingerprint density at radius 1 is 1.19 bits per heavy atom. The third-order valence-corrected chi connectivity index (χ3v) is 4.66. The van der Waals surface area contributed by atoms with E-state index in [0.29, 0.717) is 11.1 Å². The highest BCUT2D eigenvalue weighted by molar-refractivity contribution is 5.94. The minimum Gasteiger partial charge on any atom is -0.335 e. The van der Waals surface area contributed by atoms with Crippen LogP contribution in [0.2, 0.25) is 0 Å². The molecule has 0 aliphatic rings. The van der Waals surface area contributed by atoms with Crippen molar-refractivity contribution in [2.24, 2.45) is 0 Å². The second kappa shape index (κ2) is 7.41. The number of hydrogen-bond acceptors (Lipinski definition) is 4. The Morgan fingerprint density at radius 2 is 1.89 bits per heavy atom. The van der Waals surface area contributed by atoms with Crippen LogP contribution in [-0.4, -0.2) is 32.6 Å². The van der Waals surface area contributed by atoms with Crippen LogP contribution in [0.5, 0.6) is 0 Å². The Morgan fingerprint density at radius 3 is 2.48 bits per heavy atom. The first kappa shape index (κ1) is 18.3. The van der Waals surface area contributed by atoms with Gasteiger partial charge in [-0.3, -0.25) is 14.9 Å². The third-order valence-electron chi connectivity index (χ3n) is 4.66. The van der Waals surface area contributed by atoms with Gasteiger partial charge >= 0.3 is 0 Å². The second-order valence-electron chi connectivity index (χ2n) is 6.38. The normalized spacial score (nSPS) is 11.8. The maximum atomic E-state index is 12.8. The number of benzene rings is 2. The number of nitro benzene ring substituents is 1. The van der Waals surface area contributed by atoms with Crippen molar-refractivity contribution in [1.82, 2.24) is 14.7 Å². The van der Waals surface area contributed by atoms with Gasteiger partial charge in [0.2, 0.25) is 0 Å². The van der Waals surface area contributed by atoms with E-state index < -0.39 is 4.92 Å². The van der Waals surface area contributed by atoms with Gasteiger partial charge in [-0.1, -0.05) is 12.1 Å². The van der Waals surface area contributed by atoms with Crippen molar-refractivity contribution in [2.75, 3.05) is 7.05 Å². The molecule has 0 spiro atoms. The zero-order valence-electron chi connectivity index (χ0n) is 15.4. The summed E-state index contributed by atoms with van der Waals surface area (Å²) in [6.07, 6.45) is 1.73. The van der Waals surface area contributed by atoms with Crippen molar-refractivity contribution >= 4 is 11.6 Å². The Labute approximate surface area is 157 Å². The van der Waals surface area contributed by atoms with Gasteiger partial charge in [0.15, 0.2) is 0 Å². The summed E-state index contributed by atoms with van der Waals surface area (Å²) < 4.78 is 1.80. The number of aryl methyl sites for hydroxylation is 1. The summed E-state index contributed by atoms with van der Waals surface area (Å²) in [5.74, 6) is -0.155. The first-order valence-electron chi connectivity index (χ1n) is 8.51. The molecule has 7 heteroatoms. The van der Waals surface area contributed by atoms with Crippen LogP contribution in [0.3, 0.4) is 0 Å². The van der Waals surface area contributed by atoms with Crippen molar-refractivity contribution in [1.29, 1.82) is 0 Å². The van der Waals surface area contributed by atoms with E-state index in [2.05, 4.69) is 5.10 Å². The summed E-state index contributed by atoms with van der Waals surface area (Å²) >= 11 is 0. The summed E-state index contributed by atoms with van der Waals surface area (Å²) in [6, 6.07) is 15.2. The molecule has 3 aromatic rings. The zero-order valence-corrected chi connectivity index (χ0v) is 15.4. The lowest BCUT2D eigenvalue weighted by atomic mass is 10.1. The molecule has 0 unspecified atom stereocenters. The van der Waals surface area contributed by atoms with Gasteiger partial charge in [-0.25, -0.2) is 4.68 Å². The molecular formula is C20H20N4O3. The Balaban J connectivity index is 1.79. The number of aromatic nitrogens is 2.